The van der Waals surface area contributed by atoms with Gasteiger partial charge < -0.3 is 9.73 Å². The van der Waals surface area contributed by atoms with Crippen LogP contribution >= 0.6 is 22.9 Å². The Hall–Kier alpha value is -4.46. The number of amides is 1. The van der Waals surface area contributed by atoms with Gasteiger partial charge in [-0.05, 0) is 55.3 Å². The van der Waals surface area contributed by atoms with E-state index in [1.807, 2.05) is 98.8 Å². The minimum absolute atomic E-state index is 0.244. The van der Waals surface area contributed by atoms with Crippen molar-refractivity contribution >= 4 is 40.6 Å². The maximum Gasteiger partial charge on any atom is 0.271 e. The maximum absolute atomic E-state index is 13.9. The molecule has 6 nitrogen and oxygen atoms in total. The molecule has 2 aromatic heterocycles. The van der Waals surface area contributed by atoms with E-state index in [9.17, 15) is 9.59 Å². The molecular weight excluding hydrogens is 542 g/mol. The number of thiazole rings is 1. The summed E-state index contributed by atoms with van der Waals surface area (Å²) >= 11 is 7.41. The standard InChI is InChI=1S/C32H24ClN3O3S/c1-19-9-6-7-14-25(19)35-30(37)28-20(2)34-32-36(29(28)21-10-4-3-5-11-21)31(38)27(40-32)18-24-15-16-26(39-24)22-12-8-13-23(33)17-22/h3-18,29H,1-2H3,(H,35,37). The summed E-state index contributed by atoms with van der Waals surface area (Å²) in [5, 5.41) is 3.64. The summed E-state index contributed by atoms with van der Waals surface area (Å²) in [7, 11) is 0. The fourth-order valence-electron chi connectivity index (χ4n) is 4.82. The van der Waals surface area contributed by atoms with Crippen molar-refractivity contribution in [3.05, 3.63) is 144 Å². The molecule has 3 heterocycles. The zero-order chi connectivity index (χ0) is 27.8. The third kappa shape index (κ3) is 4.85. The van der Waals surface area contributed by atoms with Crippen LogP contribution in [-0.2, 0) is 4.79 Å². The van der Waals surface area contributed by atoms with E-state index in [1.165, 1.54) is 11.3 Å². The van der Waals surface area contributed by atoms with E-state index in [2.05, 4.69) is 5.32 Å². The van der Waals surface area contributed by atoms with Crippen LogP contribution in [-0.4, -0.2) is 10.5 Å². The Morgan fingerprint density at radius 3 is 2.55 bits per heavy atom. The molecule has 8 heteroatoms. The molecule has 6 rings (SSSR count). The number of anilines is 1. The molecule has 0 spiro atoms. The molecule has 3 aromatic carbocycles. The maximum atomic E-state index is 13.9. The molecule has 1 atom stereocenters. The molecular formula is C32H24ClN3O3S. The number of carbonyl (C=O) groups excluding carboxylic acids is 1. The molecule has 0 saturated carbocycles. The molecule has 1 aliphatic heterocycles. The summed E-state index contributed by atoms with van der Waals surface area (Å²) in [5.74, 6) is 0.885. The number of allylic oxidation sites excluding steroid dienone is 1. The second-order valence-electron chi connectivity index (χ2n) is 9.47. The molecule has 0 saturated heterocycles. The van der Waals surface area contributed by atoms with Crippen LogP contribution in [0.2, 0.25) is 5.02 Å². The van der Waals surface area contributed by atoms with Crippen LogP contribution < -0.4 is 20.2 Å². The fraction of sp³-hybridized carbons (Fsp3) is 0.0938. The first kappa shape index (κ1) is 25.8. The van der Waals surface area contributed by atoms with Crippen LogP contribution in [0.15, 0.2) is 116 Å². The van der Waals surface area contributed by atoms with E-state index in [0.29, 0.717) is 42.8 Å². The first-order valence-electron chi connectivity index (χ1n) is 12.7. The van der Waals surface area contributed by atoms with Crippen LogP contribution in [0.1, 0.15) is 29.9 Å². The predicted molar refractivity (Wildman–Crippen MR) is 159 cm³/mol. The van der Waals surface area contributed by atoms with E-state index < -0.39 is 6.04 Å². The van der Waals surface area contributed by atoms with Crippen molar-refractivity contribution in [2.45, 2.75) is 19.9 Å². The number of aromatic nitrogens is 1. The number of furan rings is 1. The van der Waals surface area contributed by atoms with Gasteiger partial charge in [0.1, 0.15) is 11.5 Å². The molecule has 1 amide bonds. The minimum Gasteiger partial charge on any atom is -0.457 e. The number of carbonyl (C=O) groups is 1. The van der Waals surface area contributed by atoms with E-state index in [0.717, 1.165) is 16.7 Å². The average molecular weight is 566 g/mol. The van der Waals surface area contributed by atoms with Gasteiger partial charge in [-0.15, -0.1) is 0 Å². The predicted octanol–water partition coefficient (Wildman–Crippen LogP) is 6.10. The van der Waals surface area contributed by atoms with Crippen LogP contribution in [0.5, 0.6) is 0 Å². The second kappa shape index (κ2) is 10.6. The third-order valence-corrected chi connectivity index (χ3v) is 8.00. The lowest BCUT2D eigenvalue weighted by atomic mass is 9.95. The zero-order valence-corrected chi connectivity index (χ0v) is 23.3. The van der Waals surface area contributed by atoms with Crippen molar-refractivity contribution in [3.8, 4) is 11.3 Å². The van der Waals surface area contributed by atoms with Crippen LogP contribution in [0.25, 0.3) is 17.4 Å². The number of para-hydroxylation sites is 1. The van der Waals surface area contributed by atoms with Gasteiger partial charge in [0.15, 0.2) is 4.80 Å². The van der Waals surface area contributed by atoms with Gasteiger partial charge in [0.2, 0.25) is 0 Å². The van der Waals surface area contributed by atoms with Crippen molar-refractivity contribution in [1.82, 2.24) is 4.57 Å². The number of nitrogens with zero attached hydrogens (tertiary/aromatic N) is 2. The topological polar surface area (TPSA) is 76.6 Å². The van der Waals surface area contributed by atoms with Gasteiger partial charge in [0.25, 0.3) is 11.5 Å². The van der Waals surface area contributed by atoms with Gasteiger partial charge in [0, 0.05) is 22.3 Å². The Bertz CT molecular complexity index is 1970. The third-order valence-electron chi connectivity index (χ3n) is 6.78. The molecule has 1 unspecified atom stereocenters. The lowest BCUT2D eigenvalue weighted by molar-refractivity contribution is -0.113. The number of hydrogen-bond acceptors (Lipinski definition) is 5. The average Bonchev–Trinajstić information content (AvgIpc) is 3.54. The molecule has 0 bridgehead atoms. The SMILES string of the molecule is CC1=C(C(=O)Nc2ccccc2C)C(c2ccccc2)n2c(sc(=Cc3ccc(-c4cccc(Cl)c4)o3)c2=O)=N1. The summed E-state index contributed by atoms with van der Waals surface area (Å²) in [6.07, 6.45) is 1.71. The lowest BCUT2D eigenvalue weighted by Gasteiger charge is -2.25. The molecule has 198 valence electrons. The Morgan fingerprint density at radius 2 is 1.77 bits per heavy atom. The van der Waals surface area contributed by atoms with Crippen molar-refractivity contribution in [3.63, 3.8) is 0 Å². The minimum atomic E-state index is -0.637. The van der Waals surface area contributed by atoms with Crippen molar-refractivity contribution in [2.75, 3.05) is 5.32 Å². The van der Waals surface area contributed by atoms with Gasteiger partial charge >= 0.3 is 0 Å². The van der Waals surface area contributed by atoms with Gasteiger partial charge in [-0.25, -0.2) is 4.99 Å². The summed E-state index contributed by atoms with van der Waals surface area (Å²) in [4.78, 5) is 32.8. The highest BCUT2D eigenvalue weighted by Crippen LogP contribution is 2.31. The molecule has 0 aliphatic carbocycles. The van der Waals surface area contributed by atoms with Crippen LogP contribution in [0, 0.1) is 6.92 Å². The summed E-state index contributed by atoms with van der Waals surface area (Å²) < 4.78 is 8.09. The molecule has 5 aromatic rings. The van der Waals surface area contributed by atoms with Crippen molar-refractivity contribution in [1.29, 1.82) is 0 Å². The highest BCUT2D eigenvalue weighted by molar-refractivity contribution is 7.07. The number of aryl methyl sites for hydroxylation is 1. The highest BCUT2D eigenvalue weighted by atomic mass is 35.5. The van der Waals surface area contributed by atoms with E-state index in [4.69, 9.17) is 21.0 Å². The highest BCUT2D eigenvalue weighted by Gasteiger charge is 2.32. The van der Waals surface area contributed by atoms with Crippen molar-refractivity contribution < 1.29 is 9.21 Å². The fourth-order valence-corrected chi connectivity index (χ4v) is 6.04. The van der Waals surface area contributed by atoms with E-state index in [1.54, 1.807) is 16.7 Å². The smallest absolute Gasteiger partial charge is 0.271 e. The monoisotopic (exact) mass is 565 g/mol. The number of nitrogens with one attached hydrogen (secondary N) is 1. The molecule has 1 N–H and O–H groups in total. The lowest BCUT2D eigenvalue weighted by Crippen LogP contribution is -2.40. The first-order valence-corrected chi connectivity index (χ1v) is 13.9. The molecule has 0 radical (unpaired) electrons. The largest absolute Gasteiger partial charge is 0.457 e. The quantitative estimate of drug-likeness (QED) is 0.280. The van der Waals surface area contributed by atoms with E-state index >= 15 is 0 Å². The Labute approximate surface area is 239 Å². The molecule has 1 aliphatic rings. The number of fused-ring (bicyclic) bond motifs is 1. The van der Waals surface area contributed by atoms with Crippen LogP contribution in [0.4, 0.5) is 5.69 Å². The van der Waals surface area contributed by atoms with Gasteiger partial charge in [-0.1, -0.05) is 83.6 Å². The van der Waals surface area contributed by atoms with Gasteiger partial charge in [0.05, 0.1) is 21.8 Å². The first-order chi connectivity index (χ1) is 19.4. The Morgan fingerprint density at radius 1 is 1.00 bits per heavy atom. The van der Waals surface area contributed by atoms with Gasteiger partial charge in [-0.2, -0.15) is 0 Å². The number of hydrogen-bond donors (Lipinski definition) is 1. The number of rotatable bonds is 5. The number of halogens is 1. The normalized spacial score (nSPS) is 15.1. The van der Waals surface area contributed by atoms with Crippen molar-refractivity contribution in [2.24, 2.45) is 4.99 Å². The zero-order valence-electron chi connectivity index (χ0n) is 21.7. The molecule has 40 heavy (non-hydrogen) atoms. The second-order valence-corrected chi connectivity index (χ2v) is 10.9. The summed E-state index contributed by atoms with van der Waals surface area (Å²) in [6, 6.07) is 27.6. The van der Waals surface area contributed by atoms with Crippen LogP contribution in [0.3, 0.4) is 0 Å². The Kier molecular flexibility index (Phi) is 6.84. The molecule has 0 fully saturated rings. The van der Waals surface area contributed by atoms with E-state index in [-0.39, 0.29) is 11.5 Å². The van der Waals surface area contributed by atoms with Gasteiger partial charge in [-0.3, -0.25) is 14.2 Å². The summed E-state index contributed by atoms with van der Waals surface area (Å²) in [6.45, 7) is 3.75. The number of benzene rings is 3. The summed E-state index contributed by atoms with van der Waals surface area (Å²) in [5.41, 5.74) is 4.07. The Balaban J connectivity index is 1.44.